The largest absolute Gasteiger partial charge is 0.507 e. The van der Waals surface area contributed by atoms with Crippen LogP contribution >= 0.6 is 10.0 Å². The number of benzene rings is 1. The van der Waals surface area contributed by atoms with E-state index in [2.05, 4.69) is 24.2 Å². The molecule has 6 atom stereocenters. The second-order valence-corrected chi connectivity index (χ2v) is 15.2. The molecule has 0 spiro atoms. The minimum Gasteiger partial charge on any atom is -0.507 e. The van der Waals surface area contributed by atoms with Gasteiger partial charge in [-0.1, -0.05) is 6.07 Å². The molecule has 1 amide bonds. The number of rotatable bonds is 4. The number of hydrogen-bond acceptors (Lipinski definition) is 8. The van der Waals surface area contributed by atoms with Crippen LogP contribution in [-0.4, -0.2) is 88.7 Å². The molecular formula is C26H32N2O7S. The average molecular weight is 517 g/mol. The smallest absolute Gasteiger partial charge is 0.235 e. The maximum atomic E-state index is 13.8. The van der Waals surface area contributed by atoms with Crippen molar-refractivity contribution in [1.29, 1.82) is 0 Å². The van der Waals surface area contributed by atoms with Gasteiger partial charge in [-0.05, 0) is 80.3 Å². The number of likely N-dealkylation sites (N-methyl/N-ethyl adjacent to an activating group) is 1. The number of fused-ring (bicyclic) bond motifs is 3. The van der Waals surface area contributed by atoms with E-state index in [9.17, 15) is 34.2 Å². The molecule has 0 aromatic heterocycles. The molecule has 0 saturated heterocycles. The second-order valence-electron chi connectivity index (χ2n) is 11.1. The first-order valence-corrected chi connectivity index (χ1v) is 14.6. The Balaban J connectivity index is 1.86. The SMILES string of the molecule is CN(C)[C@@H]1C(=O)C(C(N)=O)C(=O)[C@@]2(O)C(=O)C3C(=O)c4c(O)ccc(/C=C/S(C)(C)C)c4C[C@H]3C[C@@H]12. The summed E-state index contributed by atoms with van der Waals surface area (Å²) in [6.45, 7) is 0. The van der Waals surface area contributed by atoms with E-state index in [4.69, 9.17) is 5.73 Å². The van der Waals surface area contributed by atoms with Crippen molar-refractivity contribution in [2.75, 3.05) is 32.9 Å². The highest BCUT2D eigenvalue weighted by molar-refractivity contribution is 8.34. The molecule has 0 aliphatic heterocycles. The van der Waals surface area contributed by atoms with Gasteiger partial charge in [0.1, 0.15) is 5.75 Å². The summed E-state index contributed by atoms with van der Waals surface area (Å²) in [6.07, 6.45) is 8.52. The molecule has 0 radical (unpaired) electrons. The van der Waals surface area contributed by atoms with Gasteiger partial charge in [0.05, 0.1) is 17.5 Å². The number of aromatic hydroxyl groups is 1. The van der Waals surface area contributed by atoms with Gasteiger partial charge in [0.2, 0.25) is 5.91 Å². The quantitative estimate of drug-likeness (QED) is 0.490. The summed E-state index contributed by atoms with van der Waals surface area (Å²) in [5.41, 5.74) is 3.98. The summed E-state index contributed by atoms with van der Waals surface area (Å²) in [7, 11) is 2.12. The number of primary amides is 1. The number of carbonyl (C=O) groups excluding carboxylic acids is 5. The molecule has 36 heavy (non-hydrogen) atoms. The van der Waals surface area contributed by atoms with Crippen LogP contribution in [0.4, 0.5) is 0 Å². The van der Waals surface area contributed by atoms with Gasteiger partial charge < -0.3 is 15.9 Å². The van der Waals surface area contributed by atoms with Crippen LogP contribution in [0.5, 0.6) is 5.75 Å². The summed E-state index contributed by atoms with van der Waals surface area (Å²) < 4.78 is 0. The third kappa shape index (κ3) is 3.82. The first-order chi connectivity index (χ1) is 16.6. The Labute approximate surface area is 211 Å². The van der Waals surface area contributed by atoms with Crippen molar-refractivity contribution in [3.63, 3.8) is 0 Å². The number of Topliss-reactive ketones (excluding diaryl/α,β-unsaturated/α-hetero) is 4. The molecule has 9 nitrogen and oxygen atoms in total. The Kier molecular flexibility index (Phi) is 6.30. The number of aliphatic hydroxyl groups is 1. The lowest BCUT2D eigenvalue weighted by molar-refractivity contribution is -0.181. The van der Waals surface area contributed by atoms with Gasteiger partial charge in [-0.15, -0.1) is 0 Å². The van der Waals surface area contributed by atoms with Crippen LogP contribution < -0.4 is 5.73 Å². The lowest BCUT2D eigenvalue weighted by atomic mass is 9.52. The van der Waals surface area contributed by atoms with Crippen LogP contribution in [0, 0.1) is 23.7 Å². The predicted octanol–water partition coefficient (Wildman–Crippen LogP) is 0.532. The molecule has 1 aromatic carbocycles. The number of ketones is 4. The first kappa shape index (κ1) is 26.2. The van der Waals surface area contributed by atoms with Crippen LogP contribution in [0.25, 0.3) is 6.08 Å². The minimum absolute atomic E-state index is 0.00709. The van der Waals surface area contributed by atoms with Crippen LogP contribution in [0.3, 0.4) is 0 Å². The molecule has 4 N–H and O–H groups in total. The van der Waals surface area contributed by atoms with E-state index in [1.54, 1.807) is 20.2 Å². The first-order valence-electron chi connectivity index (χ1n) is 11.7. The highest BCUT2D eigenvalue weighted by Crippen LogP contribution is 2.51. The third-order valence-electron chi connectivity index (χ3n) is 7.64. The summed E-state index contributed by atoms with van der Waals surface area (Å²) >= 11 is 0. The topological polar surface area (TPSA) is 155 Å². The van der Waals surface area contributed by atoms with Crippen LogP contribution in [0.1, 0.15) is 27.9 Å². The lowest BCUT2D eigenvalue weighted by Crippen LogP contribution is -2.74. The molecule has 0 bridgehead atoms. The normalized spacial score (nSPS) is 32.9. The zero-order chi connectivity index (χ0) is 26.9. The number of carbonyl (C=O) groups is 5. The molecule has 0 heterocycles. The summed E-state index contributed by atoms with van der Waals surface area (Å²) in [5.74, 6) is -10.3. The fraction of sp³-hybridized carbons (Fsp3) is 0.500. The molecule has 194 valence electrons. The Morgan fingerprint density at radius 2 is 1.78 bits per heavy atom. The molecule has 2 unspecified atom stereocenters. The molecule has 3 aliphatic carbocycles. The van der Waals surface area contributed by atoms with Crippen molar-refractivity contribution in [1.82, 2.24) is 4.90 Å². The number of hydrogen-bond donors (Lipinski definition) is 3. The highest BCUT2D eigenvalue weighted by Gasteiger charge is 2.69. The average Bonchev–Trinajstić information content (AvgIpc) is 2.74. The fourth-order valence-corrected chi connectivity index (χ4v) is 6.62. The van der Waals surface area contributed by atoms with Crippen molar-refractivity contribution >= 4 is 45.1 Å². The Morgan fingerprint density at radius 1 is 1.14 bits per heavy atom. The van der Waals surface area contributed by atoms with Crippen LogP contribution in [-0.2, 0) is 25.6 Å². The van der Waals surface area contributed by atoms with Gasteiger partial charge in [-0.25, -0.2) is 10.0 Å². The van der Waals surface area contributed by atoms with E-state index in [-0.39, 0.29) is 24.2 Å². The van der Waals surface area contributed by atoms with Crippen LogP contribution in [0.2, 0.25) is 0 Å². The summed E-state index contributed by atoms with van der Waals surface area (Å²) in [6, 6.07) is 2.01. The Hall–Kier alpha value is -2.82. The van der Waals surface area contributed by atoms with Crippen molar-refractivity contribution in [2.24, 2.45) is 29.4 Å². The van der Waals surface area contributed by atoms with Gasteiger partial charge in [0.25, 0.3) is 0 Å². The summed E-state index contributed by atoms with van der Waals surface area (Å²) in [4.78, 5) is 67.3. The third-order valence-corrected chi connectivity index (χ3v) is 8.59. The second kappa shape index (κ2) is 8.64. The van der Waals surface area contributed by atoms with Crippen molar-refractivity contribution in [3.05, 3.63) is 34.2 Å². The standard InChI is InChI=1S/C26H32N2O7S/c1-28(2)20-15-11-13-10-14-12(8-9-36(3,4)5)6-7-16(29)18(14)21(30)17(13)23(32)26(15,35)24(33)19(22(20)31)25(27)34/h6-9,13,15,17,19-20,29,35H,10-11H2,1-5H3,(H2,27,34)/b9-8+/t13-,15-,17?,19?,20-,26-/m0/s1. The fourth-order valence-electron chi connectivity index (χ4n) is 6.06. The van der Waals surface area contributed by atoms with E-state index >= 15 is 0 Å². The zero-order valence-electron chi connectivity index (χ0n) is 21.0. The van der Waals surface area contributed by atoms with Crippen molar-refractivity contribution in [2.45, 2.75) is 24.5 Å². The van der Waals surface area contributed by atoms with Gasteiger partial charge in [0, 0.05) is 5.92 Å². The molecule has 4 rings (SSSR count). The minimum atomic E-state index is -2.71. The van der Waals surface area contributed by atoms with E-state index < -0.39 is 74.4 Å². The molecular weight excluding hydrogens is 484 g/mol. The Bertz CT molecular complexity index is 1230. The van der Waals surface area contributed by atoms with Gasteiger partial charge in [-0.3, -0.25) is 28.9 Å². The molecule has 2 saturated carbocycles. The highest BCUT2D eigenvalue weighted by atomic mass is 32.3. The van der Waals surface area contributed by atoms with E-state index in [1.807, 2.05) is 6.08 Å². The molecule has 10 heteroatoms. The van der Waals surface area contributed by atoms with Crippen molar-refractivity contribution < 1.29 is 34.2 Å². The number of amides is 1. The van der Waals surface area contributed by atoms with E-state index in [0.29, 0.717) is 5.56 Å². The maximum Gasteiger partial charge on any atom is 0.235 e. The summed E-state index contributed by atoms with van der Waals surface area (Å²) in [5, 5.41) is 24.2. The number of nitrogens with zero attached hydrogens (tertiary/aromatic N) is 1. The van der Waals surface area contributed by atoms with Crippen LogP contribution in [0.15, 0.2) is 17.5 Å². The number of phenols is 1. The zero-order valence-corrected chi connectivity index (χ0v) is 21.8. The van der Waals surface area contributed by atoms with E-state index in [1.165, 1.54) is 11.0 Å². The van der Waals surface area contributed by atoms with Gasteiger partial charge in [-0.2, -0.15) is 0 Å². The molecule has 2 fully saturated rings. The molecule has 3 aliphatic rings. The van der Waals surface area contributed by atoms with Gasteiger partial charge >= 0.3 is 0 Å². The maximum absolute atomic E-state index is 13.8. The number of nitrogens with two attached hydrogens (primary N) is 1. The number of phenolic OH excluding ortho intramolecular Hbond substituents is 1. The molecule has 1 aromatic rings. The Morgan fingerprint density at radius 3 is 2.33 bits per heavy atom. The predicted molar refractivity (Wildman–Crippen MR) is 136 cm³/mol. The van der Waals surface area contributed by atoms with Gasteiger partial charge in [0.15, 0.2) is 34.7 Å². The lowest BCUT2D eigenvalue weighted by Gasteiger charge is -2.52. The van der Waals surface area contributed by atoms with Crippen molar-refractivity contribution in [3.8, 4) is 5.75 Å². The monoisotopic (exact) mass is 516 g/mol. The van der Waals surface area contributed by atoms with E-state index in [0.717, 1.165) is 5.56 Å².